The molecule has 8 heteroatoms. The van der Waals surface area contributed by atoms with Crippen molar-refractivity contribution in [2.24, 2.45) is 11.1 Å². The Bertz CT molecular complexity index is 567. The lowest BCUT2D eigenvalue weighted by Gasteiger charge is -2.57. The van der Waals surface area contributed by atoms with Crippen molar-refractivity contribution in [2.75, 3.05) is 26.2 Å². The van der Waals surface area contributed by atoms with Crippen molar-refractivity contribution in [1.29, 1.82) is 0 Å². The molecule has 5 nitrogen and oxygen atoms in total. The highest BCUT2D eigenvalue weighted by atomic mass is 35.5. The van der Waals surface area contributed by atoms with Crippen LogP contribution in [0.4, 0.5) is 0 Å². The summed E-state index contributed by atoms with van der Waals surface area (Å²) in [6, 6.07) is 2.32. The van der Waals surface area contributed by atoms with Crippen LogP contribution in [0.3, 0.4) is 0 Å². The molecule has 0 saturated heterocycles. The Morgan fingerprint density at radius 3 is 2.44 bits per heavy atom. The molecule has 1 aromatic heterocycles. The fourth-order valence-electron chi connectivity index (χ4n) is 3.75. The standard InChI is InChI=1S/C19H33N3O2S.2ClH/c1-6-22(7-2)15(14-9-10-25-13-14)12-21-17(23)19(20)11-16(24-8-3)18(19,4)5;;/h9-10,13,15-16H,6-8,11-12,20H2,1-5H3,(H,21,23);2*1H. The molecule has 1 saturated carbocycles. The molecule has 1 aliphatic rings. The number of rotatable bonds is 9. The third-order valence-electron chi connectivity index (χ3n) is 5.87. The van der Waals surface area contributed by atoms with Crippen LogP contribution in [0, 0.1) is 5.41 Å². The number of carbonyl (C=O) groups excluding carboxylic acids is 1. The molecule has 3 N–H and O–H groups in total. The average Bonchev–Trinajstić information content (AvgIpc) is 3.12. The van der Waals surface area contributed by atoms with Crippen LogP contribution in [-0.4, -0.2) is 48.7 Å². The smallest absolute Gasteiger partial charge is 0.240 e. The summed E-state index contributed by atoms with van der Waals surface area (Å²) >= 11 is 1.69. The zero-order valence-corrected chi connectivity index (χ0v) is 19.4. The predicted octanol–water partition coefficient (Wildman–Crippen LogP) is 3.62. The summed E-state index contributed by atoms with van der Waals surface area (Å²) < 4.78 is 5.73. The molecule has 0 spiro atoms. The highest BCUT2D eigenvalue weighted by Crippen LogP contribution is 2.49. The van der Waals surface area contributed by atoms with Crippen LogP contribution >= 0.6 is 36.2 Å². The van der Waals surface area contributed by atoms with Gasteiger partial charge in [-0.05, 0) is 42.4 Å². The van der Waals surface area contributed by atoms with Crippen molar-refractivity contribution in [2.45, 2.75) is 58.7 Å². The number of thiophene rings is 1. The van der Waals surface area contributed by atoms with Gasteiger partial charge in [0.2, 0.25) is 5.91 Å². The predicted molar refractivity (Wildman–Crippen MR) is 118 cm³/mol. The summed E-state index contributed by atoms with van der Waals surface area (Å²) in [5.41, 5.74) is 6.51. The normalized spacial score (nSPS) is 24.3. The molecule has 0 aromatic carbocycles. The molecular weight excluding hydrogens is 405 g/mol. The van der Waals surface area contributed by atoms with Crippen LogP contribution in [0.1, 0.15) is 52.6 Å². The van der Waals surface area contributed by atoms with Gasteiger partial charge >= 0.3 is 0 Å². The molecule has 1 amide bonds. The summed E-state index contributed by atoms with van der Waals surface area (Å²) in [6.45, 7) is 13.4. The van der Waals surface area contributed by atoms with Gasteiger partial charge in [-0.3, -0.25) is 9.69 Å². The number of nitrogens with two attached hydrogens (primary N) is 1. The lowest BCUT2D eigenvalue weighted by Crippen LogP contribution is -2.76. The molecule has 0 aliphatic heterocycles. The molecular formula is C19H35Cl2N3O2S. The topological polar surface area (TPSA) is 67.6 Å². The van der Waals surface area contributed by atoms with Gasteiger partial charge in [-0.25, -0.2) is 0 Å². The van der Waals surface area contributed by atoms with Gasteiger partial charge in [0, 0.05) is 25.0 Å². The molecule has 158 valence electrons. The van der Waals surface area contributed by atoms with Gasteiger partial charge in [-0.1, -0.05) is 27.7 Å². The summed E-state index contributed by atoms with van der Waals surface area (Å²) in [6.07, 6.45) is 0.623. The number of carbonyl (C=O) groups is 1. The fraction of sp³-hybridized carbons (Fsp3) is 0.737. The van der Waals surface area contributed by atoms with Crippen molar-refractivity contribution < 1.29 is 9.53 Å². The Morgan fingerprint density at radius 2 is 2.00 bits per heavy atom. The van der Waals surface area contributed by atoms with E-state index in [0.29, 0.717) is 19.6 Å². The van der Waals surface area contributed by atoms with Gasteiger partial charge < -0.3 is 15.8 Å². The molecule has 3 atom stereocenters. The first-order chi connectivity index (χ1) is 11.8. The fourth-order valence-corrected chi connectivity index (χ4v) is 4.46. The Morgan fingerprint density at radius 1 is 1.37 bits per heavy atom. The van der Waals surface area contributed by atoms with Gasteiger partial charge in [0.05, 0.1) is 12.1 Å². The van der Waals surface area contributed by atoms with Crippen molar-refractivity contribution in [3.05, 3.63) is 22.4 Å². The number of ether oxygens (including phenoxy) is 1. The van der Waals surface area contributed by atoms with E-state index >= 15 is 0 Å². The van der Waals surface area contributed by atoms with Gasteiger partial charge in [0.15, 0.2) is 0 Å². The van der Waals surface area contributed by atoms with E-state index in [0.717, 1.165) is 13.1 Å². The largest absolute Gasteiger partial charge is 0.378 e. The molecule has 2 rings (SSSR count). The monoisotopic (exact) mass is 439 g/mol. The third-order valence-corrected chi connectivity index (χ3v) is 6.57. The van der Waals surface area contributed by atoms with E-state index in [1.807, 2.05) is 20.8 Å². The summed E-state index contributed by atoms with van der Waals surface area (Å²) in [5, 5.41) is 7.37. The van der Waals surface area contributed by atoms with Crippen LogP contribution in [-0.2, 0) is 9.53 Å². The average molecular weight is 440 g/mol. The molecule has 0 radical (unpaired) electrons. The van der Waals surface area contributed by atoms with E-state index in [4.69, 9.17) is 10.5 Å². The molecule has 0 bridgehead atoms. The van der Waals surface area contributed by atoms with Crippen molar-refractivity contribution in [3.63, 3.8) is 0 Å². The van der Waals surface area contributed by atoms with Crippen molar-refractivity contribution in [3.8, 4) is 0 Å². The van der Waals surface area contributed by atoms with Crippen LogP contribution in [0.25, 0.3) is 0 Å². The van der Waals surface area contributed by atoms with E-state index in [1.54, 1.807) is 11.3 Å². The molecule has 1 aromatic rings. The minimum atomic E-state index is -0.866. The number of hydrogen-bond acceptors (Lipinski definition) is 5. The van der Waals surface area contributed by atoms with E-state index in [-0.39, 0.29) is 48.3 Å². The number of likely N-dealkylation sites (N-methyl/N-ethyl adjacent to an activating group) is 1. The number of nitrogens with zero attached hydrogens (tertiary/aromatic N) is 1. The molecule has 1 fully saturated rings. The van der Waals surface area contributed by atoms with Gasteiger partial charge in [0.25, 0.3) is 0 Å². The van der Waals surface area contributed by atoms with Crippen LogP contribution < -0.4 is 11.1 Å². The maximum atomic E-state index is 12.9. The first-order valence-electron chi connectivity index (χ1n) is 9.26. The minimum absolute atomic E-state index is 0. The Kier molecular flexibility index (Phi) is 10.8. The summed E-state index contributed by atoms with van der Waals surface area (Å²) in [4.78, 5) is 15.2. The second-order valence-electron chi connectivity index (χ2n) is 7.34. The maximum Gasteiger partial charge on any atom is 0.240 e. The molecule has 1 aliphatic carbocycles. The Balaban J connectivity index is 0.00000338. The number of amides is 1. The van der Waals surface area contributed by atoms with Gasteiger partial charge in [-0.15, -0.1) is 24.8 Å². The lowest BCUT2D eigenvalue weighted by atomic mass is 9.54. The second-order valence-corrected chi connectivity index (χ2v) is 8.12. The van der Waals surface area contributed by atoms with Crippen molar-refractivity contribution in [1.82, 2.24) is 10.2 Å². The zero-order chi connectivity index (χ0) is 18.7. The second kappa shape index (κ2) is 11.0. The number of hydrogen-bond donors (Lipinski definition) is 2. The first-order valence-corrected chi connectivity index (χ1v) is 10.2. The number of nitrogens with one attached hydrogen (secondary N) is 1. The molecule has 1 heterocycles. The zero-order valence-electron chi connectivity index (χ0n) is 17.0. The van der Waals surface area contributed by atoms with Crippen molar-refractivity contribution >= 4 is 42.1 Å². The quantitative estimate of drug-likeness (QED) is 0.616. The highest BCUT2D eigenvalue weighted by Gasteiger charge is 2.62. The molecule has 27 heavy (non-hydrogen) atoms. The number of halogens is 2. The third kappa shape index (κ3) is 5.17. The van der Waals surface area contributed by atoms with E-state index in [9.17, 15) is 4.79 Å². The lowest BCUT2D eigenvalue weighted by molar-refractivity contribution is -0.170. The Hall–Kier alpha value is -0.370. The Labute approximate surface area is 180 Å². The first kappa shape index (κ1) is 26.6. The minimum Gasteiger partial charge on any atom is -0.378 e. The van der Waals surface area contributed by atoms with Gasteiger partial charge in [0.1, 0.15) is 5.54 Å². The molecule has 3 unspecified atom stereocenters. The van der Waals surface area contributed by atoms with E-state index in [2.05, 4.69) is 40.9 Å². The summed E-state index contributed by atoms with van der Waals surface area (Å²) in [7, 11) is 0. The van der Waals surface area contributed by atoms with Crippen LogP contribution in [0.2, 0.25) is 0 Å². The highest BCUT2D eigenvalue weighted by molar-refractivity contribution is 7.07. The van der Waals surface area contributed by atoms with E-state index < -0.39 is 5.54 Å². The summed E-state index contributed by atoms with van der Waals surface area (Å²) in [5.74, 6) is -0.0687. The maximum absolute atomic E-state index is 12.9. The van der Waals surface area contributed by atoms with Crippen LogP contribution in [0.5, 0.6) is 0 Å². The van der Waals surface area contributed by atoms with Crippen LogP contribution in [0.15, 0.2) is 16.8 Å². The van der Waals surface area contributed by atoms with Gasteiger partial charge in [-0.2, -0.15) is 11.3 Å². The van der Waals surface area contributed by atoms with E-state index in [1.165, 1.54) is 5.56 Å². The SMILES string of the molecule is CCOC1CC(N)(C(=O)NCC(c2ccsc2)N(CC)CC)C1(C)C.Cl.Cl.